The summed E-state index contributed by atoms with van der Waals surface area (Å²) in [5, 5.41) is 4.36. The lowest BCUT2D eigenvalue weighted by Crippen LogP contribution is -1.97. The number of nitrogens with zero attached hydrogens (tertiary/aromatic N) is 3. The van der Waals surface area contributed by atoms with Crippen LogP contribution in [-0.4, -0.2) is 21.9 Å². The number of anilines is 1. The van der Waals surface area contributed by atoms with Crippen LogP contribution in [0.1, 0.15) is 5.56 Å². The summed E-state index contributed by atoms with van der Waals surface area (Å²) in [4.78, 5) is 4.14. The summed E-state index contributed by atoms with van der Waals surface area (Å²) in [7, 11) is 3.40. The van der Waals surface area contributed by atoms with E-state index in [1.54, 1.807) is 18.0 Å². The van der Waals surface area contributed by atoms with E-state index in [9.17, 15) is 0 Å². The molecule has 5 heteroatoms. The zero-order valence-corrected chi connectivity index (χ0v) is 9.56. The van der Waals surface area contributed by atoms with Crippen LogP contribution in [0.3, 0.4) is 0 Å². The summed E-state index contributed by atoms with van der Waals surface area (Å²) in [6.07, 6.45) is 1.68. The number of aryl methyl sites for hydroxylation is 1. The summed E-state index contributed by atoms with van der Waals surface area (Å²) in [5.41, 5.74) is 8.48. The lowest BCUT2D eigenvalue weighted by atomic mass is 10.1. The Morgan fingerprint density at radius 2 is 2.19 bits per heavy atom. The molecule has 0 aliphatic carbocycles. The van der Waals surface area contributed by atoms with Gasteiger partial charge in [-0.3, -0.25) is 4.68 Å². The summed E-state index contributed by atoms with van der Waals surface area (Å²) in [5.74, 6) is 1.21. The van der Waals surface area contributed by atoms with Crippen molar-refractivity contribution in [1.29, 1.82) is 0 Å². The predicted octanol–water partition coefficient (Wildman–Crippen LogP) is 1.38. The van der Waals surface area contributed by atoms with Gasteiger partial charge in [0.2, 0.25) is 5.88 Å². The van der Waals surface area contributed by atoms with Crippen LogP contribution in [0.2, 0.25) is 0 Å². The molecule has 5 nitrogen and oxygen atoms in total. The van der Waals surface area contributed by atoms with Gasteiger partial charge in [0.15, 0.2) is 0 Å². The Balaban J connectivity index is 2.63. The van der Waals surface area contributed by atoms with Crippen LogP contribution in [0.25, 0.3) is 11.3 Å². The normalized spacial score (nSPS) is 10.4. The first-order chi connectivity index (χ1) is 7.65. The van der Waals surface area contributed by atoms with Crippen molar-refractivity contribution in [2.75, 3.05) is 12.8 Å². The molecule has 2 aromatic rings. The monoisotopic (exact) mass is 218 g/mol. The maximum atomic E-state index is 5.87. The van der Waals surface area contributed by atoms with Crippen LogP contribution >= 0.6 is 0 Å². The van der Waals surface area contributed by atoms with Gasteiger partial charge in [0.05, 0.1) is 12.7 Å². The van der Waals surface area contributed by atoms with Gasteiger partial charge >= 0.3 is 0 Å². The molecule has 2 aromatic heterocycles. The number of nitrogen functional groups attached to an aromatic ring is 1. The molecule has 0 bridgehead atoms. The van der Waals surface area contributed by atoms with Crippen molar-refractivity contribution in [3.05, 3.63) is 23.9 Å². The van der Waals surface area contributed by atoms with Crippen LogP contribution in [0.5, 0.6) is 5.88 Å². The van der Waals surface area contributed by atoms with E-state index < -0.39 is 0 Å². The van der Waals surface area contributed by atoms with E-state index in [1.165, 1.54) is 0 Å². The molecule has 0 unspecified atom stereocenters. The molecule has 2 heterocycles. The van der Waals surface area contributed by atoms with Gasteiger partial charge in [0, 0.05) is 18.8 Å². The Bertz CT molecular complexity index is 519. The quantitative estimate of drug-likeness (QED) is 0.827. The minimum atomic E-state index is 0.559. The molecule has 0 aliphatic heterocycles. The molecule has 84 valence electrons. The van der Waals surface area contributed by atoms with E-state index in [2.05, 4.69) is 10.1 Å². The molecule has 0 amide bonds. The highest BCUT2D eigenvalue weighted by Crippen LogP contribution is 2.31. The topological polar surface area (TPSA) is 66.0 Å². The van der Waals surface area contributed by atoms with E-state index in [1.807, 2.05) is 26.1 Å². The highest BCUT2D eigenvalue weighted by atomic mass is 16.5. The zero-order chi connectivity index (χ0) is 11.7. The predicted molar refractivity (Wildman–Crippen MR) is 62.1 cm³/mol. The molecular weight excluding hydrogens is 204 g/mol. The molecule has 0 aromatic carbocycles. The van der Waals surface area contributed by atoms with Gasteiger partial charge in [0.25, 0.3) is 0 Å². The van der Waals surface area contributed by atoms with Crippen molar-refractivity contribution in [1.82, 2.24) is 14.8 Å². The largest absolute Gasteiger partial charge is 0.481 e. The van der Waals surface area contributed by atoms with E-state index in [0.717, 1.165) is 16.8 Å². The van der Waals surface area contributed by atoms with Gasteiger partial charge in [-0.25, -0.2) is 4.98 Å². The third-order valence-corrected chi connectivity index (χ3v) is 2.56. The minimum absolute atomic E-state index is 0.559. The molecule has 2 N–H and O–H groups in total. The van der Waals surface area contributed by atoms with Crippen LogP contribution in [0.15, 0.2) is 18.3 Å². The van der Waals surface area contributed by atoms with Crippen molar-refractivity contribution < 1.29 is 4.74 Å². The number of nitrogens with two attached hydrogens (primary N) is 1. The third-order valence-electron chi connectivity index (χ3n) is 2.56. The van der Waals surface area contributed by atoms with Crippen LogP contribution in [-0.2, 0) is 7.05 Å². The fraction of sp³-hybridized carbons (Fsp3) is 0.273. The first-order valence-corrected chi connectivity index (χ1v) is 4.93. The first-order valence-electron chi connectivity index (χ1n) is 4.93. The average molecular weight is 218 g/mol. The maximum absolute atomic E-state index is 5.87. The first kappa shape index (κ1) is 10.5. The van der Waals surface area contributed by atoms with Gasteiger partial charge in [-0.2, -0.15) is 5.10 Å². The lowest BCUT2D eigenvalue weighted by molar-refractivity contribution is 0.399. The second-order valence-electron chi connectivity index (χ2n) is 3.54. The maximum Gasteiger partial charge on any atom is 0.222 e. The van der Waals surface area contributed by atoms with Gasteiger partial charge in [0.1, 0.15) is 11.5 Å². The second kappa shape index (κ2) is 3.84. The molecule has 0 saturated carbocycles. The summed E-state index contributed by atoms with van der Waals surface area (Å²) in [6.45, 7) is 1.93. The number of methoxy groups -OCH3 is 1. The highest BCUT2D eigenvalue weighted by Gasteiger charge is 2.15. The zero-order valence-electron chi connectivity index (χ0n) is 9.56. The van der Waals surface area contributed by atoms with Crippen LogP contribution < -0.4 is 10.5 Å². The lowest BCUT2D eigenvalue weighted by Gasteiger charge is -2.04. The van der Waals surface area contributed by atoms with Crippen molar-refractivity contribution >= 4 is 5.82 Å². The Morgan fingerprint density at radius 1 is 1.44 bits per heavy atom. The van der Waals surface area contributed by atoms with Crippen molar-refractivity contribution in [3.8, 4) is 17.1 Å². The smallest absolute Gasteiger partial charge is 0.222 e. The molecule has 0 radical (unpaired) electrons. The number of pyridine rings is 1. The Hall–Kier alpha value is -2.04. The fourth-order valence-electron chi connectivity index (χ4n) is 1.63. The summed E-state index contributed by atoms with van der Waals surface area (Å²) in [6, 6.07) is 3.77. The van der Waals surface area contributed by atoms with E-state index in [0.29, 0.717) is 11.7 Å². The molecule has 16 heavy (non-hydrogen) atoms. The van der Waals surface area contributed by atoms with Crippen molar-refractivity contribution in [2.45, 2.75) is 6.92 Å². The Morgan fingerprint density at radius 3 is 2.75 bits per heavy atom. The van der Waals surface area contributed by atoms with Crippen molar-refractivity contribution in [3.63, 3.8) is 0 Å². The van der Waals surface area contributed by atoms with E-state index in [-0.39, 0.29) is 0 Å². The van der Waals surface area contributed by atoms with Crippen molar-refractivity contribution in [2.24, 2.45) is 7.05 Å². The molecule has 0 atom stereocenters. The number of rotatable bonds is 2. The SMILES string of the molecule is COc1ncccc1-c1nn(C)c(N)c1C. The molecule has 2 rings (SSSR count). The number of ether oxygens (including phenoxy) is 1. The van der Waals surface area contributed by atoms with E-state index in [4.69, 9.17) is 10.5 Å². The van der Waals surface area contributed by atoms with Crippen LogP contribution in [0.4, 0.5) is 5.82 Å². The number of hydrogen-bond acceptors (Lipinski definition) is 4. The third kappa shape index (κ3) is 1.50. The Kier molecular flexibility index (Phi) is 2.52. The molecule has 0 aliphatic rings. The fourth-order valence-corrected chi connectivity index (χ4v) is 1.63. The summed E-state index contributed by atoms with van der Waals surface area (Å²) >= 11 is 0. The van der Waals surface area contributed by atoms with Gasteiger partial charge < -0.3 is 10.5 Å². The second-order valence-corrected chi connectivity index (χ2v) is 3.54. The van der Waals surface area contributed by atoms with Gasteiger partial charge in [-0.15, -0.1) is 0 Å². The van der Waals surface area contributed by atoms with Gasteiger partial charge in [-0.1, -0.05) is 0 Å². The number of hydrogen-bond donors (Lipinski definition) is 1. The summed E-state index contributed by atoms with van der Waals surface area (Å²) < 4.78 is 6.85. The molecular formula is C11H14N4O. The average Bonchev–Trinajstić information content (AvgIpc) is 2.57. The van der Waals surface area contributed by atoms with Gasteiger partial charge in [-0.05, 0) is 19.1 Å². The standard InChI is InChI=1S/C11H14N4O/c1-7-9(14-15(2)10(7)12)8-5-4-6-13-11(8)16-3/h4-6H,12H2,1-3H3. The highest BCUT2D eigenvalue weighted by molar-refractivity contribution is 5.71. The molecule has 0 spiro atoms. The Labute approximate surface area is 93.9 Å². The molecule has 0 fully saturated rings. The van der Waals surface area contributed by atoms with Crippen LogP contribution in [0, 0.1) is 6.92 Å². The molecule has 0 saturated heterocycles. The van der Waals surface area contributed by atoms with E-state index >= 15 is 0 Å². The minimum Gasteiger partial charge on any atom is -0.481 e. The number of aromatic nitrogens is 3.